The maximum atomic E-state index is 13.3. The van der Waals surface area contributed by atoms with Crippen LogP contribution in [0.4, 0.5) is 0 Å². The molecule has 0 N–H and O–H groups in total. The van der Waals surface area contributed by atoms with Crippen LogP contribution in [0.1, 0.15) is 84.0 Å². The van der Waals surface area contributed by atoms with Crippen molar-refractivity contribution < 1.29 is 38.4 Å². The molecule has 0 radical (unpaired) electrons. The standard InChI is InChI=1S/C28H40O8/c1-17(29)34-16-35-36-24(14-32-25(30)27-8-18-2-19(9-27)4-20(3-18)10-27)15-33-26(31)28-11-21-5-22(12-28)7-23(6-21)13-28/h18-24H,2-16H2,1H3. The van der Waals surface area contributed by atoms with Gasteiger partial charge in [0.05, 0.1) is 10.8 Å². The second kappa shape index (κ2) is 9.57. The third kappa shape index (κ3) is 4.80. The van der Waals surface area contributed by atoms with Gasteiger partial charge in [-0.05, 0) is 113 Å². The summed E-state index contributed by atoms with van der Waals surface area (Å²) in [5, 5.41) is 0. The van der Waals surface area contributed by atoms with Crippen molar-refractivity contribution in [3.63, 3.8) is 0 Å². The van der Waals surface area contributed by atoms with Crippen LogP contribution in [-0.4, -0.2) is 44.0 Å². The van der Waals surface area contributed by atoms with Crippen molar-refractivity contribution in [1.82, 2.24) is 0 Å². The molecule has 36 heavy (non-hydrogen) atoms. The van der Waals surface area contributed by atoms with Crippen molar-refractivity contribution >= 4 is 17.9 Å². The number of carbonyl (C=O) groups excluding carboxylic acids is 3. The highest BCUT2D eigenvalue weighted by Gasteiger charge is 2.57. The molecule has 0 saturated heterocycles. The summed E-state index contributed by atoms with van der Waals surface area (Å²) in [5.41, 5.74) is -0.735. The molecule has 8 aliphatic rings. The Labute approximate surface area is 213 Å². The molecule has 0 aliphatic heterocycles. The van der Waals surface area contributed by atoms with Crippen LogP contribution in [0.25, 0.3) is 0 Å². The first-order chi connectivity index (χ1) is 17.3. The minimum atomic E-state index is -0.781. The first-order valence-electron chi connectivity index (χ1n) is 14.1. The van der Waals surface area contributed by atoms with E-state index in [1.54, 1.807) is 0 Å². The van der Waals surface area contributed by atoms with Crippen LogP contribution >= 0.6 is 0 Å². The molecule has 8 fully saturated rings. The predicted molar refractivity (Wildman–Crippen MR) is 126 cm³/mol. The highest BCUT2D eigenvalue weighted by molar-refractivity contribution is 5.78. The SMILES string of the molecule is CC(=O)OCOOC(COC(=O)C12CC3CC(CC(C3)C1)C2)COC(=O)C12CC3CC(CC(C3)C1)C2. The van der Waals surface area contributed by atoms with Crippen molar-refractivity contribution in [2.75, 3.05) is 20.0 Å². The summed E-state index contributed by atoms with van der Waals surface area (Å²) in [7, 11) is 0. The van der Waals surface area contributed by atoms with E-state index in [0.717, 1.165) is 38.5 Å². The van der Waals surface area contributed by atoms with Crippen molar-refractivity contribution in [3.05, 3.63) is 0 Å². The zero-order valence-electron chi connectivity index (χ0n) is 21.4. The van der Waals surface area contributed by atoms with Gasteiger partial charge < -0.3 is 14.2 Å². The molecule has 8 bridgehead atoms. The second-order valence-electron chi connectivity index (χ2n) is 13.2. The fraction of sp³-hybridized carbons (Fsp3) is 0.893. The summed E-state index contributed by atoms with van der Waals surface area (Å²) < 4.78 is 16.4. The fourth-order valence-corrected chi connectivity index (χ4v) is 9.70. The molecule has 0 aromatic heterocycles. The zero-order chi connectivity index (χ0) is 24.9. The van der Waals surface area contributed by atoms with Crippen LogP contribution in [0.15, 0.2) is 0 Å². The van der Waals surface area contributed by atoms with Crippen molar-refractivity contribution in [1.29, 1.82) is 0 Å². The van der Waals surface area contributed by atoms with E-state index in [1.165, 1.54) is 45.4 Å². The lowest BCUT2D eigenvalue weighted by atomic mass is 9.49. The van der Waals surface area contributed by atoms with E-state index in [4.69, 9.17) is 24.0 Å². The minimum Gasteiger partial charge on any atom is -0.462 e. The molecule has 0 aromatic rings. The van der Waals surface area contributed by atoms with E-state index in [2.05, 4.69) is 0 Å². The summed E-state index contributed by atoms with van der Waals surface area (Å²) in [4.78, 5) is 48.1. The molecule has 0 unspecified atom stereocenters. The van der Waals surface area contributed by atoms with E-state index in [1.807, 2.05) is 0 Å². The molecular formula is C28H40O8. The van der Waals surface area contributed by atoms with Gasteiger partial charge in [0.2, 0.25) is 6.79 Å². The van der Waals surface area contributed by atoms with Gasteiger partial charge in [0.1, 0.15) is 13.2 Å². The largest absolute Gasteiger partial charge is 0.462 e. The summed E-state index contributed by atoms with van der Waals surface area (Å²) in [6.45, 7) is 0.780. The zero-order valence-corrected chi connectivity index (χ0v) is 21.4. The van der Waals surface area contributed by atoms with Gasteiger partial charge in [-0.25, -0.2) is 4.89 Å². The monoisotopic (exact) mass is 504 g/mol. The van der Waals surface area contributed by atoms with Gasteiger partial charge in [0.15, 0.2) is 6.10 Å². The summed E-state index contributed by atoms with van der Waals surface area (Å²) in [5.74, 6) is 3.07. The Morgan fingerprint density at radius 1 is 0.639 bits per heavy atom. The van der Waals surface area contributed by atoms with Gasteiger partial charge in [0, 0.05) is 6.92 Å². The van der Waals surface area contributed by atoms with Crippen LogP contribution in [0.2, 0.25) is 0 Å². The highest BCUT2D eigenvalue weighted by atomic mass is 17.2. The van der Waals surface area contributed by atoms with E-state index in [0.29, 0.717) is 35.5 Å². The van der Waals surface area contributed by atoms with Crippen LogP contribution in [0, 0.1) is 46.3 Å². The van der Waals surface area contributed by atoms with Crippen LogP contribution in [-0.2, 0) is 38.4 Å². The lowest BCUT2D eigenvalue weighted by Gasteiger charge is -2.55. The van der Waals surface area contributed by atoms with Gasteiger partial charge in [-0.2, -0.15) is 4.89 Å². The van der Waals surface area contributed by atoms with Crippen molar-refractivity contribution in [2.24, 2.45) is 46.3 Å². The molecule has 8 rings (SSSR count). The van der Waals surface area contributed by atoms with E-state index < -0.39 is 12.1 Å². The Balaban J connectivity index is 1.05. The summed E-state index contributed by atoms with van der Waals surface area (Å²) in [6.07, 6.45) is 12.3. The molecule has 8 heteroatoms. The Morgan fingerprint density at radius 3 is 1.33 bits per heavy atom. The molecule has 200 valence electrons. The van der Waals surface area contributed by atoms with Gasteiger partial charge in [-0.3, -0.25) is 14.4 Å². The normalized spacial score (nSPS) is 42.2. The predicted octanol–water partition coefficient (Wildman–Crippen LogP) is 4.34. The number of ether oxygens (including phenoxy) is 3. The molecule has 0 heterocycles. The average molecular weight is 505 g/mol. The smallest absolute Gasteiger partial charge is 0.312 e. The van der Waals surface area contributed by atoms with Crippen LogP contribution in [0.5, 0.6) is 0 Å². The maximum Gasteiger partial charge on any atom is 0.312 e. The highest BCUT2D eigenvalue weighted by Crippen LogP contribution is 2.61. The summed E-state index contributed by atoms with van der Waals surface area (Å²) >= 11 is 0. The number of rotatable bonds is 10. The molecule has 0 aromatic carbocycles. The van der Waals surface area contributed by atoms with E-state index in [9.17, 15) is 14.4 Å². The third-order valence-electron chi connectivity index (χ3n) is 10.3. The van der Waals surface area contributed by atoms with Gasteiger partial charge >= 0.3 is 17.9 Å². The Bertz CT molecular complexity index is 750. The first kappa shape index (κ1) is 24.7. The molecule has 0 amide bonds. The van der Waals surface area contributed by atoms with Crippen LogP contribution < -0.4 is 0 Å². The first-order valence-corrected chi connectivity index (χ1v) is 14.1. The lowest BCUT2D eigenvalue weighted by Crippen LogP contribution is -2.51. The lowest BCUT2D eigenvalue weighted by molar-refractivity contribution is -0.362. The number of hydrogen-bond donors (Lipinski definition) is 0. The molecule has 8 aliphatic carbocycles. The van der Waals surface area contributed by atoms with Gasteiger partial charge in [-0.1, -0.05) is 0 Å². The maximum absolute atomic E-state index is 13.3. The Kier molecular flexibility index (Phi) is 6.56. The quantitative estimate of drug-likeness (QED) is 0.108. The molecule has 8 saturated carbocycles. The topological polar surface area (TPSA) is 97.4 Å². The average Bonchev–Trinajstić information content (AvgIpc) is 2.80. The number of carbonyl (C=O) groups is 3. The van der Waals surface area contributed by atoms with Crippen molar-refractivity contribution in [3.8, 4) is 0 Å². The molecular weight excluding hydrogens is 464 g/mol. The van der Waals surface area contributed by atoms with Crippen LogP contribution in [0.3, 0.4) is 0 Å². The number of hydrogen-bond acceptors (Lipinski definition) is 8. The molecule has 0 spiro atoms. The second-order valence-corrected chi connectivity index (χ2v) is 13.2. The van der Waals surface area contributed by atoms with Crippen molar-refractivity contribution in [2.45, 2.75) is 90.1 Å². The molecule has 0 atom stereocenters. The third-order valence-corrected chi connectivity index (χ3v) is 10.3. The Hall–Kier alpha value is -1.67. The molecule has 8 nitrogen and oxygen atoms in total. The minimum absolute atomic E-state index is 0.0607. The number of esters is 3. The Morgan fingerprint density at radius 2 is 1.00 bits per heavy atom. The van der Waals surface area contributed by atoms with Gasteiger partial charge in [0.25, 0.3) is 0 Å². The van der Waals surface area contributed by atoms with E-state index in [-0.39, 0.29) is 42.8 Å². The van der Waals surface area contributed by atoms with Gasteiger partial charge in [-0.15, -0.1) is 0 Å². The van der Waals surface area contributed by atoms with E-state index >= 15 is 0 Å². The summed E-state index contributed by atoms with van der Waals surface area (Å²) in [6, 6.07) is 0. The fourth-order valence-electron chi connectivity index (χ4n) is 9.70.